The second-order valence-electron chi connectivity index (χ2n) is 9.49. The van der Waals surface area contributed by atoms with Crippen molar-refractivity contribution in [2.75, 3.05) is 58.2 Å². The first-order chi connectivity index (χ1) is 16.1. The van der Waals surface area contributed by atoms with Crippen LogP contribution in [0.1, 0.15) is 66.2 Å². The molecule has 1 fully saturated rings. The fraction of sp³-hybridized carbons (Fsp3) is 0.556. The summed E-state index contributed by atoms with van der Waals surface area (Å²) >= 11 is 0. The molecule has 0 radical (unpaired) electrons. The summed E-state index contributed by atoms with van der Waals surface area (Å²) in [7, 11) is 2.17. The monoisotopic (exact) mass is 450 g/mol. The minimum Gasteiger partial charge on any atom is -0.383 e. The van der Waals surface area contributed by atoms with Crippen molar-refractivity contribution in [3.63, 3.8) is 0 Å². The maximum absolute atomic E-state index is 13.2. The number of unbranched alkanes of at least 4 members (excludes halogenated alkanes) is 5. The second-order valence-corrected chi connectivity index (χ2v) is 9.49. The van der Waals surface area contributed by atoms with Gasteiger partial charge < -0.3 is 10.2 Å². The number of hydrogen-bond donors (Lipinski definition) is 1. The lowest BCUT2D eigenvalue weighted by Crippen LogP contribution is -2.45. The Morgan fingerprint density at radius 2 is 1.52 bits per heavy atom. The van der Waals surface area contributed by atoms with E-state index < -0.39 is 0 Å². The first-order valence-corrected chi connectivity index (χ1v) is 12.7. The van der Waals surface area contributed by atoms with Gasteiger partial charge in [0.05, 0.1) is 0 Å². The summed E-state index contributed by atoms with van der Waals surface area (Å²) in [4.78, 5) is 32.7. The van der Waals surface area contributed by atoms with E-state index in [9.17, 15) is 9.59 Å². The Labute approximate surface area is 197 Å². The van der Waals surface area contributed by atoms with Crippen molar-refractivity contribution in [2.24, 2.45) is 0 Å². The highest BCUT2D eigenvalue weighted by Crippen LogP contribution is 2.34. The van der Waals surface area contributed by atoms with Gasteiger partial charge in [-0.3, -0.25) is 19.4 Å². The topological polar surface area (TPSA) is 55.9 Å². The third kappa shape index (κ3) is 5.39. The fourth-order valence-electron chi connectivity index (χ4n) is 4.97. The Balaban J connectivity index is 1.43. The predicted molar refractivity (Wildman–Crippen MR) is 135 cm³/mol. The number of nitrogens with one attached hydrogen (secondary N) is 1. The number of hydrogen-bond acceptors (Lipinski definition) is 5. The van der Waals surface area contributed by atoms with Crippen molar-refractivity contribution < 1.29 is 9.59 Å². The first kappa shape index (κ1) is 23.7. The van der Waals surface area contributed by atoms with Crippen molar-refractivity contribution in [2.45, 2.75) is 45.4 Å². The van der Waals surface area contributed by atoms with Gasteiger partial charge in [-0.2, -0.15) is 0 Å². The van der Waals surface area contributed by atoms with E-state index in [4.69, 9.17) is 0 Å². The molecule has 2 aromatic rings. The summed E-state index contributed by atoms with van der Waals surface area (Å²) in [6.07, 6.45) is 6.80. The number of benzene rings is 2. The molecular weight excluding hydrogens is 412 g/mol. The Morgan fingerprint density at radius 3 is 2.27 bits per heavy atom. The number of imide groups is 1. The van der Waals surface area contributed by atoms with E-state index in [-0.39, 0.29) is 11.8 Å². The van der Waals surface area contributed by atoms with Gasteiger partial charge in [-0.1, -0.05) is 51.2 Å². The number of anilines is 1. The normalized spacial score (nSPS) is 17.2. The average Bonchev–Trinajstić information content (AvgIpc) is 2.83. The number of likely N-dealkylation sites (N-methyl/N-ethyl adjacent to an activating group) is 1. The molecule has 33 heavy (non-hydrogen) atoms. The molecule has 0 unspecified atom stereocenters. The predicted octanol–water partition coefficient (Wildman–Crippen LogP) is 4.46. The van der Waals surface area contributed by atoms with Crippen LogP contribution in [0.5, 0.6) is 0 Å². The summed E-state index contributed by atoms with van der Waals surface area (Å²) in [6, 6.07) is 9.71. The van der Waals surface area contributed by atoms with E-state index in [2.05, 4.69) is 29.1 Å². The van der Waals surface area contributed by atoms with E-state index in [0.29, 0.717) is 17.7 Å². The van der Waals surface area contributed by atoms with Crippen molar-refractivity contribution in [3.8, 4) is 0 Å². The molecule has 0 spiro atoms. The lowest BCUT2D eigenvalue weighted by atomic mass is 9.92. The molecule has 4 rings (SSSR count). The minimum atomic E-state index is -0.152. The zero-order valence-corrected chi connectivity index (χ0v) is 20.2. The van der Waals surface area contributed by atoms with Gasteiger partial charge in [0.25, 0.3) is 11.8 Å². The maximum atomic E-state index is 13.2. The fourth-order valence-corrected chi connectivity index (χ4v) is 4.97. The van der Waals surface area contributed by atoms with E-state index in [0.717, 1.165) is 68.6 Å². The van der Waals surface area contributed by atoms with Crippen LogP contribution in [0.25, 0.3) is 10.8 Å². The molecule has 0 bridgehead atoms. The molecule has 2 aromatic carbocycles. The molecule has 178 valence electrons. The molecule has 2 aliphatic heterocycles. The molecule has 2 heterocycles. The van der Waals surface area contributed by atoms with Crippen LogP contribution in [-0.4, -0.2) is 79.4 Å². The Kier molecular flexibility index (Phi) is 7.99. The van der Waals surface area contributed by atoms with Crippen LogP contribution in [0.4, 0.5) is 5.69 Å². The summed E-state index contributed by atoms with van der Waals surface area (Å²) in [5.41, 5.74) is 2.29. The van der Waals surface area contributed by atoms with Crippen LogP contribution in [0.3, 0.4) is 0 Å². The summed E-state index contributed by atoms with van der Waals surface area (Å²) < 4.78 is 0. The van der Waals surface area contributed by atoms with Crippen molar-refractivity contribution in [3.05, 3.63) is 41.5 Å². The number of carbonyl (C=O) groups is 2. The maximum Gasteiger partial charge on any atom is 0.261 e. The van der Waals surface area contributed by atoms with E-state index in [1.165, 1.54) is 30.6 Å². The van der Waals surface area contributed by atoms with E-state index >= 15 is 0 Å². The number of piperazine rings is 1. The van der Waals surface area contributed by atoms with Gasteiger partial charge in [0.15, 0.2) is 0 Å². The zero-order chi connectivity index (χ0) is 23.2. The Morgan fingerprint density at radius 1 is 0.818 bits per heavy atom. The van der Waals surface area contributed by atoms with Crippen LogP contribution in [0, 0.1) is 0 Å². The van der Waals surface area contributed by atoms with Gasteiger partial charge in [-0.15, -0.1) is 0 Å². The highest BCUT2D eigenvalue weighted by Gasteiger charge is 2.32. The molecule has 1 N–H and O–H groups in total. The molecule has 0 saturated carbocycles. The molecule has 2 amide bonds. The van der Waals surface area contributed by atoms with Gasteiger partial charge in [0.2, 0.25) is 0 Å². The zero-order valence-electron chi connectivity index (χ0n) is 20.2. The molecule has 6 heteroatoms. The van der Waals surface area contributed by atoms with Gasteiger partial charge in [-0.05, 0) is 31.7 Å². The van der Waals surface area contributed by atoms with Crippen molar-refractivity contribution >= 4 is 28.3 Å². The number of carbonyl (C=O) groups excluding carboxylic acids is 2. The van der Waals surface area contributed by atoms with Crippen LogP contribution >= 0.6 is 0 Å². The highest BCUT2D eigenvalue weighted by molar-refractivity contribution is 6.26. The number of amides is 2. The smallest absolute Gasteiger partial charge is 0.261 e. The molecule has 0 atom stereocenters. The lowest BCUT2D eigenvalue weighted by molar-refractivity contribution is 0.0608. The largest absolute Gasteiger partial charge is 0.383 e. The van der Waals surface area contributed by atoms with Crippen molar-refractivity contribution in [1.29, 1.82) is 0 Å². The van der Waals surface area contributed by atoms with Gasteiger partial charge in [0.1, 0.15) is 0 Å². The van der Waals surface area contributed by atoms with Crippen LogP contribution in [0.2, 0.25) is 0 Å². The summed E-state index contributed by atoms with van der Waals surface area (Å²) in [5, 5.41) is 5.32. The van der Waals surface area contributed by atoms with Gasteiger partial charge in [0, 0.05) is 73.4 Å². The van der Waals surface area contributed by atoms with Crippen LogP contribution in [0.15, 0.2) is 30.3 Å². The first-order valence-electron chi connectivity index (χ1n) is 12.7. The summed E-state index contributed by atoms with van der Waals surface area (Å²) in [5.74, 6) is -0.303. The SMILES string of the molecule is CCCCCCCCN1C(=O)c2cccc3c(NCCN4CCN(C)CC4)ccc(c23)C1=O. The lowest BCUT2D eigenvalue weighted by Gasteiger charge is -2.32. The average molecular weight is 451 g/mol. The molecular formula is C27H38N4O2. The molecule has 0 aliphatic carbocycles. The molecule has 6 nitrogen and oxygen atoms in total. The molecule has 2 aliphatic rings. The highest BCUT2D eigenvalue weighted by atomic mass is 16.2. The molecule has 0 aromatic heterocycles. The quantitative estimate of drug-likeness (QED) is 0.405. The third-order valence-corrected chi connectivity index (χ3v) is 7.07. The third-order valence-electron chi connectivity index (χ3n) is 7.07. The van der Waals surface area contributed by atoms with E-state index in [1.54, 1.807) is 0 Å². The van der Waals surface area contributed by atoms with E-state index in [1.807, 2.05) is 30.3 Å². The standard InChI is InChI=1S/C27H38N4O2/c1-3-4-5-6-7-8-15-31-26(32)22-11-9-10-21-24(13-12-23(25(21)22)27(31)33)28-14-16-30-19-17-29(2)18-20-30/h9-13,28H,3-8,14-20H2,1-2H3. The molecule has 1 saturated heterocycles. The summed E-state index contributed by atoms with van der Waals surface area (Å²) in [6.45, 7) is 8.96. The number of rotatable bonds is 11. The Hall–Kier alpha value is -2.44. The Bertz CT molecular complexity index is 959. The minimum absolute atomic E-state index is 0.152. The van der Waals surface area contributed by atoms with Gasteiger partial charge >= 0.3 is 0 Å². The van der Waals surface area contributed by atoms with Crippen molar-refractivity contribution in [1.82, 2.24) is 14.7 Å². The van der Waals surface area contributed by atoms with Crippen LogP contribution < -0.4 is 5.32 Å². The second kappa shape index (κ2) is 11.1. The van der Waals surface area contributed by atoms with Gasteiger partial charge in [-0.25, -0.2) is 0 Å². The number of nitrogens with zero attached hydrogens (tertiary/aromatic N) is 3. The van der Waals surface area contributed by atoms with Crippen LogP contribution in [-0.2, 0) is 0 Å².